The Bertz CT molecular complexity index is 1400. The van der Waals surface area contributed by atoms with Crippen LogP contribution in [0.1, 0.15) is 56.5 Å². The molecule has 0 bridgehead atoms. The van der Waals surface area contributed by atoms with Crippen LogP contribution in [0.15, 0.2) is 80.1 Å². The van der Waals surface area contributed by atoms with Crippen LogP contribution in [0, 0.1) is 44.9 Å². The van der Waals surface area contributed by atoms with Crippen molar-refractivity contribution in [2.75, 3.05) is 33.2 Å². The van der Waals surface area contributed by atoms with Crippen molar-refractivity contribution in [1.29, 1.82) is 0 Å². The molecule has 6 rings (SSSR count). The van der Waals surface area contributed by atoms with Gasteiger partial charge in [-0.15, -0.1) is 26.0 Å². The first-order valence-corrected chi connectivity index (χ1v) is 15.5. The van der Waals surface area contributed by atoms with Gasteiger partial charge < -0.3 is 14.4 Å². The molecular formula is C38H52FN5. The maximum absolute atomic E-state index is 13.1. The number of hydrogen-bond donors (Lipinski definition) is 0. The molecule has 2 aromatic heterocycles. The van der Waals surface area contributed by atoms with Crippen molar-refractivity contribution in [1.82, 2.24) is 24.3 Å². The fourth-order valence-electron chi connectivity index (χ4n) is 5.56. The lowest BCUT2D eigenvalue weighted by molar-refractivity contribution is 0.0838. The van der Waals surface area contributed by atoms with Gasteiger partial charge in [-0.2, -0.15) is 0 Å². The van der Waals surface area contributed by atoms with E-state index in [1.807, 2.05) is 29.8 Å². The molecule has 5 nitrogen and oxygen atoms in total. The molecule has 2 fully saturated rings. The zero-order chi connectivity index (χ0) is 32.7. The van der Waals surface area contributed by atoms with Crippen LogP contribution < -0.4 is 0 Å². The molecule has 0 saturated carbocycles. The van der Waals surface area contributed by atoms with Gasteiger partial charge in [-0.25, -0.2) is 14.4 Å². The quantitative estimate of drug-likeness (QED) is 0.175. The predicted molar refractivity (Wildman–Crippen MR) is 186 cm³/mol. The van der Waals surface area contributed by atoms with E-state index in [1.165, 1.54) is 75.1 Å². The van der Waals surface area contributed by atoms with Gasteiger partial charge >= 0.3 is 0 Å². The van der Waals surface area contributed by atoms with E-state index in [4.69, 9.17) is 0 Å². The molecule has 4 aromatic rings. The van der Waals surface area contributed by atoms with E-state index < -0.39 is 0 Å². The number of halogens is 1. The van der Waals surface area contributed by atoms with E-state index >= 15 is 0 Å². The van der Waals surface area contributed by atoms with E-state index in [1.54, 1.807) is 12.3 Å². The van der Waals surface area contributed by atoms with Crippen molar-refractivity contribution in [3.63, 3.8) is 0 Å². The Labute approximate surface area is 265 Å². The average Bonchev–Trinajstić information content (AvgIpc) is 3.64. The number of likely N-dealkylation sites (tertiary alicyclic amines) is 2. The molecule has 0 unspecified atom stereocenters. The summed E-state index contributed by atoms with van der Waals surface area (Å²) in [6.07, 6.45) is 17.2. The third kappa shape index (κ3) is 11.0. The summed E-state index contributed by atoms with van der Waals surface area (Å²) in [6.45, 7) is 22.2. The normalized spacial score (nSPS) is 17.4. The predicted octanol–water partition coefficient (Wildman–Crippen LogP) is 8.43. The minimum absolute atomic E-state index is 0.228. The average molecular weight is 598 g/mol. The van der Waals surface area contributed by atoms with Gasteiger partial charge in [-0.05, 0) is 116 Å². The van der Waals surface area contributed by atoms with Crippen LogP contribution in [-0.4, -0.2) is 63.6 Å². The maximum Gasteiger partial charge on any atom is 0.140 e. The second-order valence-electron chi connectivity index (χ2n) is 12.1. The highest BCUT2D eigenvalue weighted by molar-refractivity contribution is 5.81. The molecule has 4 heterocycles. The lowest BCUT2D eigenvalue weighted by Crippen LogP contribution is -2.44. The third-order valence-electron chi connectivity index (χ3n) is 8.35. The van der Waals surface area contributed by atoms with Crippen LogP contribution in [0.3, 0.4) is 0 Å². The summed E-state index contributed by atoms with van der Waals surface area (Å²) in [5.74, 6) is 1.28. The van der Waals surface area contributed by atoms with Crippen molar-refractivity contribution < 1.29 is 4.39 Å². The summed E-state index contributed by atoms with van der Waals surface area (Å²) >= 11 is 0. The molecule has 236 valence electrons. The summed E-state index contributed by atoms with van der Waals surface area (Å²) in [7, 11) is 2.25. The molecule has 6 heteroatoms. The van der Waals surface area contributed by atoms with Gasteiger partial charge in [0.2, 0.25) is 0 Å². The monoisotopic (exact) mass is 597 g/mol. The summed E-state index contributed by atoms with van der Waals surface area (Å²) in [5.41, 5.74) is 4.18. The zero-order valence-corrected chi connectivity index (χ0v) is 27.8. The highest BCUT2D eigenvalue weighted by Crippen LogP contribution is 2.33. The Morgan fingerprint density at radius 1 is 0.932 bits per heavy atom. The highest BCUT2D eigenvalue weighted by atomic mass is 19.1. The fraction of sp³-hybridized carbons (Fsp3) is 0.421. The molecule has 0 aliphatic carbocycles. The van der Waals surface area contributed by atoms with Crippen molar-refractivity contribution in [3.8, 4) is 18.7 Å². The molecule has 0 N–H and O–H groups in total. The van der Waals surface area contributed by atoms with Crippen LogP contribution in [0.4, 0.5) is 4.39 Å². The Morgan fingerprint density at radius 3 is 2.09 bits per heavy atom. The number of aromatic nitrogens is 3. The van der Waals surface area contributed by atoms with Crippen LogP contribution in [-0.2, 0) is 0 Å². The van der Waals surface area contributed by atoms with E-state index in [2.05, 4.69) is 105 Å². The highest BCUT2D eigenvalue weighted by Gasteiger charge is 2.33. The summed E-state index contributed by atoms with van der Waals surface area (Å²) in [4.78, 5) is 13.6. The van der Waals surface area contributed by atoms with Gasteiger partial charge in [-0.3, -0.25) is 0 Å². The molecule has 0 amide bonds. The van der Waals surface area contributed by atoms with E-state index in [9.17, 15) is 4.39 Å². The van der Waals surface area contributed by atoms with Gasteiger partial charge in [0.1, 0.15) is 17.5 Å². The van der Waals surface area contributed by atoms with Crippen molar-refractivity contribution in [2.45, 2.75) is 66.3 Å². The Balaban J connectivity index is 0.000000229. The van der Waals surface area contributed by atoms with Crippen molar-refractivity contribution in [3.05, 3.63) is 103 Å². The molecule has 2 aromatic carbocycles. The molecule has 2 aliphatic heterocycles. The molecule has 44 heavy (non-hydrogen) atoms. The second-order valence-corrected chi connectivity index (χ2v) is 12.1. The molecule has 2 saturated heterocycles. The zero-order valence-electron chi connectivity index (χ0n) is 27.8. The van der Waals surface area contributed by atoms with E-state index in [0.29, 0.717) is 11.2 Å². The number of piperidine rings is 1. The minimum atomic E-state index is -0.228. The van der Waals surface area contributed by atoms with Crippen LogP contribution in [0.5, 0.6) is 0 Å². The number of rotatable bonds is 3. The van der Waals surface area contributed by atoms with Gasteiger partial charge in [0, 0.05) is 30.4 Å². The standard InChI is InChI=1S/C13H10FN3.C13H26N2.C8H10.C2H4.C2H2/c1-9-15-6-4-13(16-9)17-7-5-10-8-11(14)2-3-12(10)17;1-12-5-4-8-15(12)11-13(2)6-9-14(3)10-7-13;1-7-3-5-8(2)6-4-7;2*1-2/h2-8H,1H3;12H,4-11H2,1-3H3;3-6H,1-2H3;1-2H2;1-2H/t;12-;;;/m.0.../s1. The lowest BCUT2D eigenvalue weighted by atomic mass is 9.80. The molecule has 0 radical (unpaired) electrons. The van der Waals surface area contributed by atoms with Crippen LogP contribution in [0.25, 0.3) is 16.7 Å². The SMILES string of the molecule is C#C.C=C.C[C@H]1CCCN1CC1(C)CCN(C)CC1.Cc1ccc(C)cc1.Cc1nccc(-n2ccc3cc(F)ccc32)n1. The molecule has 1 atom stereocenters. The van der Waals surface area contributed by atoms with E-state index in [0.717, 1.165) is 22.8 Å². The van der Waals surface area contributed by atoms with Gasteiger partial charge in [-0.1, -0.05) is 42.3 Å². The number of terminal acetylenes is 1. The fourth-order valence-corrected chi connectivity index (χ4v) is 5.56. The Morgan fingerprint density at radius 2 is 1.55 bits per heavy atom. The molecular weight excluding hydrogens is 545 g/mol. The topological polar surface area (TPSA) is 37.2 Å². The summed E-state index contributed by atoms with van der Waals surface area (Å²) in [5, 5.41) is 0.862. The summed E-state index contributed by atoms with van der Waals surface area (Å²) in [6, 6.07) is 17.7. The summed E-state index contributed by atoms with van der Waals surface area (Å²) < 4.78 is 15.0. The Hall–Kier alpha value is -3.79. The number of nitrogens with zero attached hydrogens (tertiary/aromatic N) is 5. The first-order chi connectivity index (χ1) is 21.1. The number of hydrogen-bond acceptors (Lipinski definition) is 4. The number of aryl methyl sites for hydroxylation is 3. The first-order valence-electron chi connectivity index (χ1n) is 15.5. The minimum Gasteiger partial charge on any atom is -0.306 e. The largest absolute Gasteiger partial charge is 0.306 e. The van der Waals surface area contributed by atoms with Crippen LogP contribution >= 0.6 is 0 Å². The van der Waals surface area contributed by atoms with Crippen molar-refractivity contribution in [2.24, 2.45) is 5.41 Å². The number of fused-ring (bicyclic) bond motifs is 1. The van der Waals surface area contributed by atoms with Gasteiger partial charge in [0.15, 0.2) is 0 Å². The Kier molecular flexibility index (Phi) is 15.0. The third-order valence-corrected chi connectivity index (χ3v) is 8.35. The van der Waals surface area contributed by atoms with Gasteiger partial charge in [0.25, 0.3) is 0 Å². The van der Waals surface area contributed by atoms with Crippen molar-refractivity contribution >= 4 is 10.9 Å². The smallest absolute Gasteiger partial charge is 0.140 e. The van der Waals surface area contributed by atoms with Gasteiger partial charge in [0.05, 0.1) is 5.52 Å². The second kappa shape index (κ2) is 18.1. The van der Waals surface area contributed by atoms with Crippen LogP contribution in [0.2, 0.25) is 0 Å². The maximum atomic E-state index is 13.1. The lowest BCUT2D eigenvalue weighted by Gasteiger charge is -2.41. The number of benzene rings is 2. The van der Waals surface area contributed by atoms with E-state index in [-0.39, 0.29) is 5.82 Å². The first kappa shape index (κ1) is 36.4. The molecule has 2 aliphatic rings. The molecule has 0 spiro atoms.